The number of nitrogens with zero attached hydrogens (tertiary/aromatic N) is 3. The molecule has 0 radical (unpaired) electrons. The SMILES string of the molecule is CC1CCCN(c2cc(C(F)(F)F)nc(NC(=S)NC3CCCCCC3)n2)C1. The minimum atomic E-state index is -4.54. The Hall–Kier alpha value is -1.64. The largest absolute Gasteiger partial charge is 0.433 e. The number of thiocarbonyl (C=S) groups is 1. The molecule has 2 fully saturated rings. The summed E-state index contributed by atoms with van der Waals surface area (Å²) in [7, 11) is 0. The van der Waals surface area contributed by atoms with Crippen LogP contribution in [0.25, 0.3) is 0 Å². The molecular weight excluding hydrogens is 387 g/mol. The van der Waals surface area contributed by atoms with Gasteiger partial charge < -0.3 is 15.5 Å². The molecule has 2 aliphatic rings. The highest BCUT2D eigenvalue weighted by atomic mass is 32.1. The van der Waals surface area contributed by atoms with Crippen molar-refractivity contribution in [3.63, 3.8) is 0 Å². The molecule has 1 aromatic rings. The van der Waals surface area contributed by atoms with Crippen molar-refractivity contribution in [3.8, 4) is 0 Å². The molecule has 5 nitrogen and oxygen atoms in total. The topological polar surface area (TPSA) is 53.1 Å². The van der Waals surface area contributed by atoms with Crippen LogP contribution in [-0.4, -0.2) is 34.2 Å². The van der Waals surface area contributed by atoms with Crippen molar-refractivity contribution in [1.29, 1.82) is 0 Å². The summed E-state index contributed by atoms with van der Waals surface area (Å²) in [6.07, 6.45) is 4.22. The van der Waals surface area contributed by atoms with Gasteiger partial charge in [0.25, 0.3) is 0 Å². The monoisotopic (exact) mass is 415 g/mol. The van der Waals surface area contributed by atoms with Crippen LogP contribution in [0.3, 0.4) is 0 Å². The molecule has 0 bridgehead atoms. The summed E-state index contributed by atoms with van der Waals surface area (Å²) in [4.78, 5) is 9.90. The smallest absolute Gasteiger partial charge is 0.360 e. The molecule has 0 spiro atoms. The van der Waals surface area contributed by atoms with Crippen LogP contribution in [0.5, 0.6) is 0 Å². The number of halogens is 3. The van der Waals surface area contributed by atoms with Gasteiger partial charge in [0, 0.05) is 25.2 Å². The van der Waals surface area contributed by atoms with Crippen LogP contribution in [0.15, 0.2) is 6.07 Å². The van der Waals surface area contributed by atoms with Gasteiger partial charge in [0.2, 0.25) is 5.95 Å². The third kappa shape index (κ3) is 5.93. The minimum Gasteiger partial charge on any atom is -0.360 e. The number of alkyl halides is 3. The lowest BCUT2D eigenvalue weighted by molar-refractivity contribution is -0.141. The van der Waals surface area contributed by atoms with E-state index in [4.69, 9.17) is 12.2 Å². The lowest BCUT2D eigenvalue weighted by Crippen LogP contribution is -2.38. The Kier molecular flexibility index (Phi) is 6.95. The van der Waals surface area contributed by atoms with E-state index in [9.17, 15) is 13.2 Å². The Bertz CT molecular complexity index is 674. The second-order valence-corrected chi connectivity index (χ2v) is 8.32. The first-order valence-electron chi connectivity index (χ1n) is 10.1. The molecule has 1 unspecified atom stereocenters. The zero-order valence-electron chi connectivity index (χ0n) is 16.2. The highest BCUT2D eigenvalue weighted by molar-refractivity contribution is 7.80. The number of anilines is 2. The summed E-state index contributed by atoms with van der Waals surface area (Å²) in [5.74, 6) is 0.621. The van der Waals surface area contributed by atoms with Crippen LogP contribution in [0.4, 0.5) is 24.9 Å². The van der Waals surface area contributed by atoms with Crippen molar-refractivity contribution >= 4 is 29.1 Å². The molecule has 2 N–H and O–H groups in total. The van der Waals surface area contributed by atoms with Crippen molar-refractivity contribution in [1.82, 2.24) is 15.3 Å². The number of piperidine rings is 1. The number of rotatable bonds is 3. The maximum absolute atomic E-state index is 13.4. The number of nitrogens with one attached hydrogen (secondary N) is 2. The fraction of sp³-hybridized carbons (Fsp3) is 0.737. The van der Waals surface area contributed by atoms with E-state index in [1.165, 1.54) is 12.8 Å². The van der Waals surface area contributed by atoms with Crippen molar-refractivity contribution < 1.29 is 13.2 Å². The Morgan fingerprint density at radius 3 is 2.46 bits per heavy atom. The van der Waals surface area contributed by atoms with Gasteiger partial charge in [0.05, 0.1) is 0 Å². The fourth-order valence-corrected chi connectivity index (χ4v) is 4.20. The summed E-state index contributed by atoms with van der Waals surface area (Å²) in [5, 5.41) is 6.28. The highest BCUT2D eigenvalue weighted by Crippen LogP contribution is 2.31. The number of hydrogen-bond acceptors (Lipinski definition) is 4. The van der Waals surface area contributed by atoms with E-state index in [0.29, 0.717) is 24.8 Å². The molecule has 156 valence electrons. The van der Waals surface area contributed by atoms with Crippen molar-refractivity contribution in [2.45, 2.75) is 70.5 Å². The van der Waals surface area contributed by atoms with Crippen molar-refractivity contribution in [2.24, 2.45) is 5.92 Å². The lowest BCUT2D eigenvalue weighted by Gasteiger charge is -2.32. The zero-order valence-corrected chi connectivity index (χ0v) is 17.0. The first-order valence-corrected chi connectivity index (χ1v) is 10.5. The van der Waals surface area contributed by atoms with Crippen molar-refractivity contribution in [3.05, 3.63) is 11.8 Å². The van der Waals surface area contributed by atoms with E-state index in [0.717, 1.165) is 44.6 Å². The Morgan fingerprint density at radius 2 is 1.82 bits per heavy atom. The van der Waals surface area contributed by atoms with Gasteiger partial charge >= 0.3 is 6.18 Å². The molecule has 1 saturated carbocycles. The van der Waals surface area contributed by atoms with Crippen LogP contribution in [0.1, 0.15) is 64.0 Å². The maximum atomic E-state index is 13.4. The van der Waals surface area contributed by atoms with Gasteiger partial charge in [0.1, 0.15) is 5.82 Å². The molecule has 1 atom stereocenters. The molecule has 3 rings (SSSR count). The van der Waals surface area contributed by atoms with Crippen LogP contribution < -0.4 is 15.5 Å². The van der Waals surface area contributed by atoms with Gasteiger partial charge in [0.15, 0.2) is 10.8 Å². The number of aromatic nitrogens is 2. The molecule has 1 aromatic heterocycles. The molecule has 0 aromatic carbocycles. The minimum absolute atomic E-state index is 0.103. The summed E-state index contributed by atoms with van der Waals surface area (Å²) < 4.78 is 40.1. The standard InChI is InChI=1S/C19H28F3N5S/c1-13-7-6-10-27(12-13)16-11-15(19(20,21)22)24-17(25-16)26-18(28)23-14-8-4-2-3-5-9-14/h11,13-14H,2-10,12H2,1H3,(H2,23,24,25,26,28). The van der Waals surface area contributed by atoms with E-state index < -0.39 is 11.9 Å². The fourth-order valence-electron chi connectivity index (χ4n) is 3.94. The Labute approximate surface area is 169 Å². The van der Waals surface area contributed by atoms with Crippen LogP contribution in [0.2, 0.25) is 0 Å². The molecule has 0 amide bonds. The molecule has 9 heteroatoms. The number of hydrogen-bond donors (Lipinski definition) is 2. The Morgan fingerprint density at radius 1 is 1.11 bits per heavy atom. The van der Waals surface area contributed by atoms with Gasteiger partial charge in [-0.15, -0.1) is 0 Å². The van der Waals surface area contributed by atoms with Gasteiger partial charge in [-0.2, -0.15) is 18.2 Å². The molecule has 2 heterocycles. The van der Waals surface area contributed by atoms with E-state index >= 15 is 0 Å². The molecule has 1 aliphatic carbocycles. The lowest BCUT2D eigenvalue weighted by atomic mass is 10.0. The van der Waals surface area contributed by atoms with E-state index in [-0.39, 0.29) is 17.1 Å². The van der Waals surface area contributed by atoms with Gasteiger partial charge in [-0.25, -0.2) is 4.98 Å². The normalized spacial score (nSPS) is 21.9. The first-order chi connectivity index (χ1) is 13.3. The average Bonchev–Trinajstić information content (AvgIpc) is 2.89. The molecule has 28 heavy (non-hydrogen) atoms. The van der Waals surface area contributed by atoms with Gasteiger partial charge in [-0.05, 0) is 43.8 Å². The average molecular weight is 416 g/mol. The summed E-state index contributed by atoms with van der Waals surface area (Å²) in [6, 6.07) is 1.28. The quantitative estimate of drug-likeness (QED) is 0.549. The highest BCUT2D eigenvalue weighted by Gasteiger charge is 2.34. The zero-order chi connectivity index (χ0) is 20.1. The van der Waals surface area contributed by atoms with Crippen LogP contribution >= 0.6 is 12.2 Å². The summed E-state index contributed by atoms with van der Waals surface area (Å²) >= 11 is 5.32. The summed E-state index contributed by atoms with van der Waals surface area (Å²) in [5.41, 5.74) is -0.949. The predicted octanol–water partition coefficient (Wildman–Crippen LogP) is 4.74. The van der Waals surface area contributed by atoms with E-state index in [1.807, 2.05) is 4.90 Å². The second kappa shape index (κ2) is 9.24. The summed E-state index contributed by atoms with van der Waals surface area (Å²) in [6.45, 7) is 3.49. The van der Waals surface area contributed by atoms with E-state index in [1.54, 1.807) is 0 Å². The van der Waals surface area contributed by atoms with Crippen LogP contribution in [-0.2, 0) is 6.18 Å². The second-order valence-electron chi connectivity index (χ2n) is 7.91. The van der Waals surface area contributed by atoms with Crippen LogP contribution in [0, 0.1) is 5.92 Å². The third-order valence-corrected chi connectivity index (χ3v) is 5.62. The van der Waals surface area contributed by atoms with Gasteiger partial charge in [-0.3, -0.25) is 0 Å². The Balaban J connectivity index is 1.75. The van der Waals surface area contributed by atoms with Gasteiger partial charge in [-0.1, -0.05) is 32.6 Å². The molecular formula is C19H28F3N5S. The molecule has 1 aliphatic heterocycles. The first kappa shape index (κ1) is 21.1. The van der Waals surface area contributed by atoms with E-state index in [2.05, 4.69) is 27.5 Å². The molecule has 1 saturated heterocycles. The third-order valence-electron chi connectivity index (χ3n) is 5.40. The predicted molar refractivity (Wildman–Crippen MR) is 108 cm³/mol. The van der Waals surface area contributed by atoms with Crippen molar-refractivity contribution in [2.75, 3.05) is 23.3 Å². The maximum Gasteiger partial charge on any atom is 0.433 e.